The number of anilines is 1. The van der Waals surface area contributed by atoms with Gasteiger partial charge in [0, 0.05) is 10.8 Å². The molecule has 0 aromatic heterocycles. The Morgan fingerprint density at radius 3 is 2.24 bits per heavy atom. The number of aliphatic carboxylic acids is 1. The molecule has 34 heavy (non-hydrogen) atoms. The molecule has 0 saturated carbocycles. The van der Waals surface area contributed by atoms with Crippen molar-refractivity contribution in [2.75, 3.05) is 11.5 Å². The third kappa shape index (κ3) is 4.03. The highest BCUT2D eigenvalue weighted by molar-refractivity contribution is 6.41. The number of hydrogen-bond acceptors (Lipinski definition) is 5. The number of halogens is 3. The number of hydrogen-bond donors (Lipinski definition) is 1. The van der Waals surface area contributed by atoms with Crippen molar-refractivity contribution in [2.45, 2.75) is 26.4 Å². The predicted molar refractivity (Wildman–Crippen MR) is 120 cm³/mol. The van der Waals surface area contributed by atoms with Gasteiger partial charge in [-0.1, -0.05) is 48.9 Å². The third-order valence-electron chi connectivity index (χ3n) is 5.22. The number of nitrogens with zero attached hydrogens (tertiary/aromatic N) is 1. The number of alkyl halides is 2. The predicted octanol–water partition coefficient (Wildman–Crippen LogP) is 5.31. The third-order valence-corrected chi connectivity index (χ3v) is 5.52. The maximum absolute atomic E-state index is 13.5. The first kappa shape index (κ1) is 23.4. The summed E-state index contributed by atoms with van der Waals surface area (Å²) in [6.07, 6.45) is 0.288. The molecular formula is C24H18ClF2NO6. The van der Waals surface area contributed by atoms with E-state index >= 15 is 0 Å². The van der Waals surface area contributed by atoms with Crippen LogP contribution in [0.3, 0.4) is 0 Å². The van der Waals surface area contributed by atoms with Gasteiger partial charge in [-0.15, -0.1) is 0 Å². The van der Waals surface area contributed by atoms with Crippen LogP contribution in [0.4, 0.5) is 14.5 Å². The fourth-order valence-electron chi connectivity index (χ4n) is 3.90. The SMILES string of the molecule is CCCOc1c2c(c(OC(F)F)c3ccccc13)C(=O)N(c1ccc(CC(=O)O)cc1Cl)C2=O. The number of benzene rings is 3. The minimum absolute atomic E-state index is 0.0181. The number of carboxylic acids is 1. The highest BCUT2D eigenvalue weighted by Gasteiger charge is 2.44. The molecule has 0 spiro atoms. The Morgan fingerprint density at radius 1 is 1.06 bits per heavy atom. The molecule has 4 rings (SSSR count). The number of carbonyl (C=O) groups excluding carboxylic acids is 2. The van der Waals surface area contributed by atoms with Gasteiger partial charge in [0.15, 0.2) is 0 Å². The normalized spacial score (nSPS) is 13.0. The summed E-state index contributed by atoms with van der Waals surface area (Å²) in [5, 5.41) is 9.47. The van der Waals surface area contributed by atoms with Gasteiger partial charge in [-0.25, -0.2) is 4.90 Å². The topological polar surface area (TPSA) is 93.1 Å². The van der Waals surface area contributed by atoms with E-state index in [0.29, 0.717) is 17.4 Å². The van der Waals surface area contributed by atoms with Crippen LogP contribution in [0.15, 0.2) is 42.5 Å². The van der Waals surface area contributed by atoms with E-state index in [-0.39, 0.29) is 46.0 Å². The van der Waals surface area contributed by atoms with Crippen LogP contribution in [0.1, 0.15) is 39.6 Å². The lowest BCUT2D eigenvalue weighted by Crippen LogP contribution is -2.30. The van der Waals surface area contributed by atoms with Crippen LogP contribution in [0.2, 0.25) is 5.02 Å². The molecule has 3 aromatic carbocycles. The van der Waals surface area contributed by atoms with E-state index in [1.807, 2.05) is 6.92 Å². The average molecular weight is 490 g/mol. The van der Waals surface area contributed by atoms with Crippen LogP contribution >= 0.6 is 11.6 Å². The quantitative estimate of drug-likeness (QED) is 0.431. The summed E-state index contributed by atoms with van der Waals surface area (Å²) >= 11 is 6.30. The van der Waals surface area contributed by atoms with Gasteiger partial charge in [-0.3, -0.25) is 14.4 Å². The summed E-state index contributed by atoms with van der Waals surface area (Å²) in [6, 6.07) is 10.4. The lowest BCUT2D eigenvalue weighted by Gasteiger charge is -2.16. The van der Waals surface area contributed by atoms with Gasteiger partial charge < -0.3 is 14.6 Å². The molecule has 1 N–H and O–H groups in total. The zero-order chi connectivity index (χ0) is 24.6. The van der Waals surface area contributed by atoms with Gasteiger partial charge in [0.1, 0.15) is 11.5 Å². The van der Waals surface area contributed by atoms with Gasteiger partial charge in [0.25, 0.3) is 11.8 Å². The van der Waals surface area contributed by atoms with E-state index < -0.39 is 30.1 Å². The molecule has 176 valence electrons. The molecule has 1 heterocycles. The molecule has 2 amide bonds. The van der Waals surface area contributed by atoms with E-state index in [1.165, 1.54) is 24.3 Å². The fourth-order valence-corrected chi connectivity index (χ4v) is 4.19. The van der Waals surface area contributed by atoms with Crippen molar-refractivity contribution in [1.82, 2.24) is 0 Å². The van der Waals surface area contributed by atoms with Gasteiger partial charge >= 0.3 is 12.6 Å². The molecule has 3 aromatic rings. The molecule has 1 aliphatic heterocycles. The fraction of sp³-hybridized carbons (Fsp3) is 0.208. The van der Waals surface area contributed by atoms with Crippen LogP contribution in [0.5, 0.6) is 11.5 Å². The van der Waals surface area contributed by atoms with E-state index in [2.05, 4.69) is 0 Å². The molecular weight excluding hydrogens is 472 g/mol. The van der Waals surface area contributed by atoms with Crippen molar-refractivity contribution < 1.29 is 37.7 Å². The van der Waals surface area contributed by atoms with Crippen molar-refractivity contribution >= 4 is 45.8 Å². The first-order valence-corrected chi connectivity index (χ1v) is 10.7. The van der Waals surface area contributed by atoms with E-state index in [1.54, 1.807) is 18.2 Å². The molecule has 0 radical (unpaired) electrons. The summed E-state index contributed by atoms with van der Waals surface area (Å²) in [7, 11) is 0. The maximum Gasteiger partial charge on any atom is 0.387 e. The second kappa shape index (κ2) is 9.26. The summed E-state index contributed by atoms with van der Waals surface area (Å²) < 4.78 is 37.3. The Morgan fingerprint density at radius 2 is 1.68 bits per heavy atom. The highest BCUT2D eigenvalue weighted by Crippen LogP contribution is 2.47. The molecule has 1 aliphatic rings. The molecule has 7 nitrogen and oxygen atoms in total. The van der Waals surface area contributed by atoms with Crippen molar-refractivity contribution in [3.05, 3.63) is 64.2 Å². The number of imide groups is 1. The van der Waals surface area contributed by atoms with Gasteiger partial charge in [-0.05, 0) is 24.1 Å². The van der Waals surface area contributed by atoms with E-state index in [0.717, 1.165) is 4.90 Å². The van der Waals surface area contributed by atoms with Crippen LogP contribution in [0.25, 0.3) is 10.8 Å². The van der Waals surface area contributed by atoms with Crippen LogP contribution < -0.4 is 14.4 Å². The molecule has 0 bridgehead atoms. The monoisotopic (exact) mass is 489 g/mol. The number of fused-ring (bicyclic) bond motifs is 2. The standard InChI is InChI=1S/C24H18ClF2NO6/c1-2-9-33-20-13-5-3-4-6-14(13)21(34-24(26)27)19-18(20)22(31)28(23(19)32)16-8-7-12(10-15(16)25)11-17(29)30/h3-8,10,24H,2,9,11H2,1H3,(H,29,30). The molecule has 10 heteroatoms. The molecule has 0 aliphatic carbocycles. The van der Waals surface area contributed by atoms with Crippen LogP contribution in [-0.2, 0) is 11.2 Å². The van der Waals surface area contributed by atoms with Gasteiger partial charge in [-0.2, -0.15) is 8.78 Å². The zero-order valence-corrected chi connectivity index (χ0v) is 18.6. The lowest BCUT2D eigenvalue weighted by atomic mass is 9.99. The van der Waals surface area contributed by atoms with Crippen molar-refractivity contribution in [3.8, 4) is 11.5 Å². The summed E-state index contributed by atoms with van der Waals surface area (Å²) in [5.41, 5.74) is -0.202. The number of amides is 2. The van der Waals surface area contributed by atoms with Crippen molar-refractivity contribution in [1.29, 1.82) is 0 Å². The number of carboxylic acid groups (broad SMARTS) is 1. The largest absolute Gasteiger partial charge is 0.492 e. The van der Waals surface area contributed by atoms with Crippen molar-refractivity contribution in [2.24, 2.45) is 0 Å². The van der Waals surface area contributed by atoms with Gasteiger partial charge in [0.2, 0.25) is 0 Å². The van der Waals surface area contributed by atoms with E-state index in [9.17, 15) is 23.2 Å². The Hall–Kier alpha value is -3.72. The first-order chi connectivity index (χ1) is 16.2. The second-order valence-corrected chi connectivity index (χ2v) is 7.89. The minimum Gasteiger partial charge on any atom is -0.492 e. The first-order valence-electron chi connectivity index (χ1n) is 10.3. The Bertz CT molecular complexity index is 1330. The Labute approximate surface area is 197 Å². The second-order valence-electron chi connectivity index (χ2n) is 7.48. The molecule has 0 saturated heterocycles. The van der Waals surface area contributed by atoms with Gasteiger partial charge in [0.05, 0.1) is 34.9 Å². The summed E-state index contributed by atoms with van der Waals surface area (Å²) in [6.45, 7) is -1.17. The summed E-state index contributed by atoms with van der Waals surface area (Å²) in [4.78, 5) is 38.7. The van der Waals surface area contributed by atoms with Crippen molar-refractivity contribution in [3.63, 3.8) is 0 Å². The molecule has 0 fully saturated rings. The zero-order valence-electron chi connectivity index (χ0n) is 17.8. The Balaban J connectivity index is 1.94. The number of rotatable bonds is 8. The maximum atomic E-state index is 13.5. The smallest absolute Gasteiger partial charge is 0.387 e. The number of carbonyl (C=O) groups is 3. The minimum atomic E-state index is -3.24. The van der Waals surface area contributed by atoms with Crippen LogP contribution in [-0.4, -0.2) is 36.1 Å². The molecule has 0 unspecified atom stereocenters. The van der Waals surface area contributed by atoms with E-state index in [4.69, 9.17) is 26.2 Å². The Kier molecular flexibility index (Phi) is 6.39. The summed E-state index contributed by atoms with van der Waals surface area (Å²) in [5.74, 6) is -3.14. The lowest BCUT2D eigenvalue weighted by molar-refractivity contribution is -0.136. The average Bonchev–Trinajstić information content (AvgIpc) is 3.03. The number of ether oxygens (including phenoxy) is 2. The highest BCUT2D eigenvalue weighted by atomic mass is 35.5. The molecule has 0 atom stereocenters. The van der Waals surface area contributed by atoms with Crippen LogP contribution in [0, 0.1) is 0 Å².